The molecule has 1 fully saturated rings. The first-order valence-electron chi connectivity index (χ1n) is 8.89. The van der Waals surface area contributed by atoms with E-state index >= 15 is 0 Å². The lowest BCUT2D eigenvalue weighted by Gasteiger charge is -2.34. The number of methoxy groups -OCH3 is 1. The highest BCUT2D eigenvalue weighted by Crippen LogP contribution is 2.32. The number of hydrogen-bond donors (Lipinski definition) is 2. The lowest BCUT2D eigenvalue weighted by atomic mass is 9.80. The number of carbonyl (C=O) groups is 4. The number of aliphatic hydroxyl groups is 2. The summed E-state index contributed by atoms with van der Waals surface area (Å²) in [5.41, 5.74) is -0.430. The maximum Gasteiger partial charge on any atom is 0.336 e. The predicted molar refractivity (Wildman–Crippen MR) is 100 cm³/mol. The maximum atomic E-state index is 12.2. The van der Waals surface area contributed by atoms with E-state index in [0.717, 1.165) is 7.11 Å². The van der Waals surface area contributed by atoms with E-state index in [-0.39, 0.29) is 30.6 Å². The largest absolute Gasteiger partial charge is 0.466 e. The Labute approximate surface area is 168 Å². The van der Waals surface area contributed by atoms with Crippen LogP contribution in [0.1, 0.15) is 12.8 Å². The topological polar surface area (TPSA) is 136 Å². The fraction of sp³-hybridized carbons (Fsp3) is 0.500. The fourth-order valence-electron chi connectivity index (χ4n) is 2.97. The van der Waals surface area contributed by atoms with Crippen LogP contribution in [-0.4, -0.2) is 66.9 Å². The lowest BCUT2D eigenvalue weighted by molar-refractivity contribution is -0.159. The molecule has 5 atom stereocenters. The van der Waals surface area contributed by atoms with E-state index in [0.29, 0.717) is 6.29 Å². The van der Waals surface area contributed by atoms with Crippen molar-refractivity contribution in [2.24, 2.45) is 17.8 Å². The highest BCUT2D eigenvalue weighted by atomic mass is 16.6. The minimum Gasteiger partial charge on any atom is -0.466 e. The van der Waals surface area contributed by atoms with E-state index in [2.05, 4.69) is 24.5 Å². The van der Waals surface area contributed by atoms with Crippen molar-refractivity contribution in [1.29, 1.82) is 0 Å². The Hall–Kier alpha value is -2.78. The monoisotopic (exact) mass is 410 g/mol. The third-order valence-electron chi connectivity index (χ3n) is 4.67. The number of esters is 3. The summed E-state index contributed by atoms with van der Waals surface area (Å²) < 4.78 is 15.2. The molecular formula is C20H26O9. The second-order valence-electron chi connectivity index (χ2n) is 6.66. The van der Waals surface area contributed by atoms with Gasteiger partial charge >= 0.3 is 17.9 Å². The van der Waals surface area contributed by atoms with Gasteiger partial charge in [-0.3, -0.25) is 4.79 Å². The molecule has 0 radical (unpaired) electrons. The minimum atomic E-state index is -1.46. The Balaban J connectivity index is 3.40. The van der Waals surface area contributed by atoms with Crippen LogP contribution in [-0.2, 0) is 33.4 Å². The van der Waals surface area contributed by atoms with Crippen LogP contribution in [0.2, 0.25) is 0 Å². The zero-order chi connectivity index (χ0) is 22.1. The van der Waals surface area contributed by atoms with Gasteiger partial charge in [-0.15, -0.1) is 6.58 Å². The summed E-state index contributed by atoms with van der Waals surface area (Å²) in [6.45, 7) is 9.89. The smallest absolute Gasteiger partial charge is 0.336 e. The third kappa shape index (κ3) is 6.37. The van der Waals surface area contributed by atoms with E-state index in [1.165, 1.54) is 6.08 Å². The highest BCUT2D eigenvalue weighted by molar-refractivity contribution is 5.90. The molecule has 1 rings (SSSR count). The Morgan fingerprint density at radius 2 is 1.93 bits per heavy atom. The molecular weight excluding hydrogens is 384 g/mol. The normalized spacial score (nSPS) is 27.7. The van der Waals surface area contributed by atoms with Gasteiger partial charge in [0, 0.05) is 11.5 Å². The summed E-state index contributed by atoms with van der Waals surface area (Å²) >= 11 is 0. The van der Waals surface area contributed by atoms with Crippen LogP contribution in [0.4, 0.5) is 0 Å². The SMILES string of the molecule is C=C[C@H]1COC(=O)[C@H](C=O)C[C@@H](O)[C@@H](C(=C)C(=O)OC)[C@H](OC(=O)C(=C)CO)C1. The van der Waals surface area contributed by atoms with Crippen LogP contribution in [0.5, 0.6) is 0 Å². The molecule has 9 nitrogen and oxygen atoms in total. The first-order valence-corrected chi connectivity index (χ1v) is 8.89. The van der Waals surface area contributed by atoms with E-state index in [1.807, 2.05) is 0 Å². The second-order valence-corrected chi connectivity index (χ2v) is 6.66. The Bertz CT molecular complexity index is 681. The van der Waals surface area contributed by atoms with Crippen molar-refractivity contribution in [3.8, 4) is 0 Å². The molecule has 29 heavy (non-hydrogen) atoms. The molecule has 9 heteroatoms. The number of rotatable bonds is 7. The number of aliphatic hydroxyl groups excluding tert-OH is 2. The van der Waals surface area contributed by atoms with E-state index in [9.17, 15) is 24.3 Å². The molecule has 0 unspecified atom stereocenters. The molecule has 0 saturated carbocycles. The van der Waals surface area contributed by atoms with Crippen molar-refractivity contribution in [2.45, 2.75) is 25.0 Å². The summed E-state index contributed by atoms with van der Waals surface area (Å²) in [7, 11) is 1.12. The first-order chi connectivity index (χ1) is 13.7. The second kappa shape index (κ2) is 11.3. The predicted octanol–water partition coefficient (Wildman–Crippen LogP) is 0.107. The molecule has 1 aliphatic rings. The lowest BCUT2D eigenvalue weighted by Crippen LogP contribution is -2.43. The van der Waals surface area contributed by atoms with Gasteiger partial charge in [-0.05, 0) is 12.8 Å². The van der Waals surface area contributed by atoms with Gasteiger partial charge in [0.05, 0.1) is 37.9 Å². The summed E-state index contributed by atoms with van der Waals surface area (Å²) in [5, 5.41) is 19.8. The van der Waals surface area contributed by atoms with Gasteiger partial charge in [-0.25, -0.2) is 9.59 Å². The summed E-state index contributed by atoms with van der Waals surface area (Å²) in [6.07, 6.45) is -1.16. The van der Waals surface area contributed by atoms with Gasteiger partial charge in [-0.1, -0.05) is 19.2 Å². The fourth-order valence-corrected chi connectivity index (χ4v) is 2.97. The maximum absolute atomic E-state index is 12.2. The van der Waals surface area contributed by atoms with Crippen molar-refractivity contribution in [3.63, 3.8) is 0 Å². The Kier molecular flexibility index (Phi) is 9.43. The van der Waals surface area contributed by atoms with Crippen LogP contribution in [0.15, 0.2) is 37.0 Å². The molecule has 1 heterocycles. The van der Waals surface area contributed by atoms with Gasteiger partial charge in [-0.2, -0.15) is 0 Å². The molecule has 0 bridgehead atoms. The van der Waals surface area contributed by atoms with Gasteiger partial charge in [0.25, 0.3) is 0 Å². The minimum absolute atomic E-state index is 0.0186. The van der Waals surface area contributed by atoms with Crippen molar-refractivity contribution in [3.05, 3.63) is 37.0 Å². The molecule has 0 aromatic rings. The standard InChI is InChI=1S/C20H26O9/c1-5-13-6-16(29-18(24)11(2)8-21)17(12(3)19(25)27-4)15(23)7-14(9-22)20(26)28-10-13/h5,9,13-17,21,23H,1-3,6-8,10H2,4H3/t13-,14+,15-,16-,17-/m1/s1. The van der Waals surface area contributed by atoms with E-state index < -0.39 is 54.5 Å². The summed E-state index contributed by atoms with van der Waals surface area (Å²) in [6, 6.07) is 0. The van der Waals surface area contributed by atoms with Gasteiger partial charge in [0.15, 0.2) is 0 Å². The highest BCUT2D eigenvalue weighted by Gasteiger charge is 2.41. The van der Waals surface area contributed by atoms with Crippen LogP contribution in [0.25, 0.3) is 0 Å². The number of aldehydes is 1. The molecule has 0 spiro atoms. The van der Waals surface area contributed by atoms with Crippen molar-refractivity contribution >= 4 is 24.2 Å². The van der Waals surface area contributed by atoms with Crippen LogP contribution in [0, 0.1) is 17.8 Å². The zero-order valence-electron chi connectivity index (χ0n) is 16.2. The van der Waals surface area contributed by atoms with E-state index in [4.69, 9.17) is 14.6 Å². The molecule has 0 amide bonds. The number of hydrogen-bond acceptors (Lipinski definition) is 9. The Morgan fingerprint density at radius 1 is 1.28 bits per heavy atom. The molecule has 160 valence electrons. The van der Waals surface area contributed by atoms with Crippen LogP contribution < -0.4 is 0 Å². The molecule has 2 N–H and O–H groups in total. The molecule has 0 aromatic heterocycles. The zero-order valence-corrected chi connectivity index (χ0v) is 16.2. The van der Waals surface area contributed by atoms with Crippen molar-refractivity contribution in [1.82, 2.24) is 0 Å². The molecule has 0 aromatic carbocycles. The number of carbonyl (C=O) groups excluding carboxylic acids is 4. The van der Waals surface area contributed by atoms with Crippen molar-refractivity contribution in [2.75, 3.05) is 20.3 Å². The van der Waals surface area contributed by atoms with E-state index in [1.54, 1.807) is 0 Å². The first kappa shape index (κ1) is 24.3. The quantitative estimate of drug-likeness (QED) is 0.150. The Morgan fingerprint density at radius 3 is 2.45 bits per heavy atom. The average Bonchev–Trinajstić information content (AvgIpc) is 2.72. The summed E-state index contributed by atoms with van der Waals surface area (Å²) in [4.78, 5) is 47.7. The van der Waals surface area contributed by atoms with Crippen LogP contribution >= 0.6 is 0 Å². The van der Waals surface area contributed by atoms with Gasteiger partial charge in [0.1, 0.15) is 18.3 Å². The average molecular weight is 410 g/mol. The molecule has 1 saturated heterocycles. The van der Waals surface area contributed by atoms with Crippen LogP contribution in [0.3, 0.4) is 0 Å². The van der Waals surface area contributed by atoms with Crippen molar-refractivity contribution < 1.29 is 43.6 Å². The molecule has 0 aliphatic carbocycles. The number of cyclic esters (lactones) is 1. The number of ether oxygens (including phenoxy) is 3. The summed E-state index contributed by atoms with van der Waals surface area (Å²) in [5.74, 6) is -5.61. The third-order valence-corrected chi connectivity index (χ3v) is 4.67. The van der Waals surface area contributed by atoms with Gasteiger partial charge < -0.3 is 29.2 Å². The van der Waals surface area contributed by atoms with Gasteiger partial charge in [0.2, 0.25) is 0 Å². The molecule has 1 aliphatic heterocycles.